The molecule has 96 valence electrons. The Morgan fingerprint density at radius 3 is 2.76 bits per heavy atom. The van der Waals surface area contributed by atoms with Crippen LogP contribution in [-0.2, 0) is 4.74 Å². The van der Waals surface area contributed by atoms with E-state index in [1.54, 1.807) is 0 Å². The molecular weight excluding hydrogens is 210 g/mol. The van der Waals surface area contributed by atoms with Crippen molar-refractivity contribution in [1.82, 2.24) is 4.90 Å². The highest BCUT2D eigenvalue weighted by atomic mass is 16.5. The molecule has 0 atom stereocenters. The monoisotopic (exact) mass is 235 g/mol. The van der Waals surface area contributed by atoms with Crippen LogP contribution in [0.25, 0.3) is 0 Å². The number of likely N-dealkylation sites (N-methyl/N-ethyl adjacent to an activating group) is 1. The number of nitrogens with zero attached hydrogens (tertiary/aromatic N) is 1. The largest absolute Gasteiger partial charge is 0.492 e. The highest BCUT2D eigenvalue weighted by Gasteiger charge is 2.02. The highest BCUT2D eigenvalue weighted by molar-refractivity contribution is 5.26. The SMILES string of the molecule is CCCN(CC)CCOC1=CC=C(C)CC=C1. The molecule has 0 radical (unpaired) electrons. The third-order valence-electron chi connectivity index (χ3n) is 2.92. The Balaban J connectivity index is 2.30. The lowest BCUT2D eigenvalue weighted by molar-refractivity contribution is 0.168. The van der Waals surface area contributed by atoms with Gasteiger partial charge >= 0.3 is 0 Å². The van der Waals surface area contributed by atoms with Crippen LogP contribution in [0, 0.1) is 0 Å². The molecule has 0 bridgehead atoms. The van der Waals surface area contributed by atoms with Gasteiger partial charge in [0.25, 0.3) is 0 Å². The average molecular weight is 235 g/mol. The van der Waals surface area contributed by atoms with Gasteiger partial charge in [-0.25, -0.2) is 0 Å². The molecule has 0 aromatic rings. The Morgan fingerprint density at radius 2 is 2.06 bits per heavy atom. The number of ether oxygens (including phenoxy) is 1. The first-order chi connectivity index (χ1) is 8.26. The van der Waals surface area contributed by atoms with Crippen LogP contribution in [-0.4, -0.2) is 31.1 Å². The van der Waals surface area contributed by atoms with Crippen molar-refractivity contribution >= 4 is 0 Å². The van der Waals surface area contributed by atoms with E-state index >= 15 is 0 Å². The van der Waals surface area contributed by atoms with E-state index in [0.29, 0.717) is 0 Å². The van der Waals surface area contributed by atoms with Crippen LogP contribution in [0.3, 0.4) is 0 Å². The second kappa shape index (κ2) is 8.13. The van der Waals surface area contributed by atoms with Crippen molar-refractivity contribution in [3.8, 4) is 0 Å². The summed E-state index contributed by atoms with van der Waals surface area (Å²) in [5, 5.41) is 0. The normalized spacial score (nSPS) is 15.5. The number of hydrogen-bond acceptors (Lipinski definition) is 2. The van der Waals surface area contributed by atoms with Gasteiger partial charge in [0.15, 0.2) is 0 Å². The highest BCUT2D eigenvalue weighted by Crippen LogP contribution is 2.11. The molecule has 17 heavy (non-hydrogen) atoms. The van der Waals surface area contributed by atoms with E-state index in [4.69, 9.17) is 4.74 Å². The minimum Gasteiger partial charge on any atom is -0.492 e. The van der Waals surface area contributed by atoms with Crippen LogP contribution < -0.4 is 0 Å². The smallest absolute Gasteiger partial charge is 0.119 e. The summed E-state index contributed by atoms with van der Waals surface area (Å²) >= 11 is 0. The van der Waals surface area contributed by atoms with E-state index in [0.717, 1.165) is 38.4 Å². The van der Waals surface area contributed by atoms with Crippen LogP contribution in [0.1, 0.15) is 33.6 Å². The van der Waals surface area contributed by atoms with Crippen LogP contribution >= 0.6 is 0 Å². The minimum atomic E-state index is 0.775. The maximum absolute atomic E-state index is 5.78. The fourth-order valence-electron chi connectivity index (χ4n) is 1.84. The van der Waals surface area contributed by atoms with E-state index in [-0.39, 0.29) is 0 Å². The second-order valence-corrected chi connectivity index (χ2v) is 4.47. The van der Waals surface area contributed by atoms with Gasteiger partial charge in [-0.2, -0.15) is 0 Å². The molecule has 0 amide bonds. The molecule has 1 aliphatic carbocycles. The fourth-order valence-corrected chi connectivity index (χ4v) is 1.84. The summed E-state index contributed by atoms with van der Waals surface area (Å²) in [6, 6.07) is 0. The molecule has 0 fully saturated rings. The van der Waals surface area contributed by atoms with Crippen molar-refractivity contribution in [3.05, 3.63) is 35.6 Å². The summed E-state index contributed by atoms with van der Waals surface area (Å²) in [5.74, 6) is 0.981. The maximum atomic E-state index is 5.78. The molecule has 0 spiro atoms. The summed E-state index contributed by atoms with van der Waals surface area (Å²) in [5.41, 5.74) is 1.38. The Morgan fingerprint density at radius 1 is 1.24 bits per heavy atom. The van der Waals surface area contributed by atoms with E-state index in [1.807, 2.05) is 0 Å². The van der Waals surface area contributed by atoms with Crippen LogP contribution in [0.4, 0.5) is 0 Å². The molecule has 2 nitrogen and oxygen atoms in total. The third kappa shape index (κ3) is 5.73. The first kappa shape index (κ1) is 14.0. The molecule has 1 rings (SSSR count). The van der Waals surface area contributed by atoms with Gasteiger partial charge in [0.1, 0.15) is 12.4 Å². The summed E-state index contributed by atoms with van der Waals surface area (Å²) in [6.07, 6.45) is 10.7. The standard InChI is InChI=1S/C15H25NO/c1-4-11-16(5-2)12-13-17-15-8-6-7-14(3)9-10-15/h6,8-10H,4-5,7,11-13H2,1-3H3. The predicted molar refractivity (Wildman–Crippen MR) is 74.0 cm³/mol. The molecule has 2 heteroatoms. The van der Waals surface area contributed by atoms with E-state index in [9.17, 15) is 0 Å². The molecule has 0 saturated heterocycles. The van der Waals surface area contributed by atoms with Crippen LogP contribution in [0.15, 0.2) is 35.6 Å². The zero-order chi connectivity index (χ0) is 12.5. The van der Waals surface area contributed by atoms with Crippen molar-refractivity contribution in [1.29, 1.82) is 0 Å². The first-order valence-corrected chi connectivity index (χ1v) is 6.65. The number of hydrogen-bond donors (Lipinski definition) is 0. The van der Waals surface area contributed by atoms with Crippen LogP contribution in [0.5, 0.6) is 0 Å². The zero-order valence-electron chi connectivity index (χ0n) is 11.4. The Kier molecular flexibility index (Phi) is 6.71. The fraction of sp³-hybridized carbons (Fsp3) is 0.600. The van der Waals surface area contributed by atoms with E-state index in [1.165, 1.54) is 12.0 Å². The maximum Gasteiger partial charge on any atom is 0.119 e. The van der Waals surface area contributed by atoms with Crippen molar-refractivity contribution in [2.75, 3.05) is 26.2 Å². The molecular formula is C15H25NO. The van der Waals surface area contributed by atoms with E-state index in [2.05, 4.69) is 50.0 Å². The molecule has 1 aliphatic rings. The molecule has 0 aliphatic heterocycles. The van der Waals surface area contributed by atoms with Crippen molar-refractivity contribution < 1.29 is 4.74 Å². The lowest BCUT2D eigenvalue weighted by Gasteiger charge is -2.19. The van der Waals surface area contributed by atoms with Crippen molar-refractivity contribution in [2.45, 2.75) is 33.6 Å². The van der Waals surface area contributed by atoms with Gasteiger partial charge in [-0.1, -0.05) is 31.6 Å². The minimum absolute atomic E-state index is 0.775. The second-order valence-electron chi connectivity index (χ2n) is 4.47. The third-order valence-corrected chi connectivity index (χ3v) is 2.92. The number of rotatable bonds is 7. The Labute approximate surface area is 106 Å². The van der Waals surface area contributed by atoms with Gasteiger partial charge in [0.2, 0.25) is 0 Å². The molecule has 0 aromatic carbocycles. The van der Waals surface area contributed by atoms with E-state index < -0.39 is 0 Å². The van der Waals surface area contributed by atoms with Crippen molar-refractivity contribution in [2.24, 2.45) is 0 Å². The zero-order valence-corrected chi connectivity index (χ0v) is 11.4. The van der Waals surface area contributed by atoms with Gasteiger partial charge in [-0.3, -0.25) is 0 Å². The van der Waals surface area contributed by atoms with Gasteiger partial charge in [0.05, 0.1) is 0 Å². The quantitative estimate of drug-likeness (QED) is 0.669. The summed E-state index contributed by atoms with van der Waals surface area (Å²) in [6.45, 7) is 10.6. The Hall–Kier alpha value is -1.02. The first-order valence-electron chi connectivity index (χ1n) is 6.65. The van der Waals surface area contributed by atoms with Gasteiger partial charge in [0, 0.05) is 6.54 Å². The molecule has 0 aromatic heterocycles. The summed E-state index contributed by atoms with van der Waals surface area (Å²) in [4.78, 5) is 2.42. The molecule has 0 N–H and O–H groups in total. The van der Waals surface area contributed by atoms with Crippen molar-refractivity contribution in [3.63, 3.8) is 0 Å². The predicted octanol–water partition coefficient (Wildman–Crippen LogP) is 3.53. The average Bonchev–Trinajstić information content (AvgIpc) is 2.53. The molecule has 0 unspecified atom stereocenters. The van der Waals surface area contributed by atoms with Gasteiger partial charge < -0.3 is 9.64 Å². The number of allylic oxidation sites excluding steroid dienone is 5. The summed E-state index contributed by atoms with van der Waals surface area (Å²) in [7, 11) is 0. The lowest BCUT2D eigenvalue weighted by atomic mass is 10.2. The molecule has 0 heterocycles. The van der Waals surface area contributed by atoms with Gasteiger partial charge in [-0.05, 0) is 45.0 Å². The lowest BCUT2D eigenvalue weighted by Crippen LogP contribution is -2.28. The van der Waals surface area contributed by atoms with Gasteiger partial charge in [-0.15, -0.1) is 0 Å². The Bertz CT molecular complexity index is 302. The topological polar surface area (TPSA) is 12.5 Å². The van der Waals surface area contributed by atoms with Crippen LogP contribution in [0.2, 0.25) is 0 Å². The molecule has 0 saturated carbocycles. The summed E-state index contributed by atoms with van der Waals surface area (Å²) < 4.78 is 5.78.